The molecule has 0 spiro atoms. The van der Waals surface area contributed by atoms with Gasteiger partial charge < -0.3 is 0 Å². The molecule has 2 nitrogen and oxygen atoms in total. The van der Waals surface area contributed by atoms with Crippen molar-refractivity contribution in [3.63, 3.8) is 0 Å². The van der Waals surface area contributed by atoms with E-state index < -0.39 is 0 Å². The fourth-order valence-electron chi connectivity index (χ4n) is 9.55. The molecule has 3 heterocycles. The summed E-state index contributed by atoms with van der Waals surface area (Å²) in [5.41, 5.74) is 10.3. The van der Waals surface area contributed by atoms with Crippen LogP contribution in [0, 0.1) is 0 Å². The topological polar surface area (TPSA) is 17.3 Å². The first-order valence-electron chi connectivity index (χ1n) is 19.9. The van der Waals surface area contributed by atoms with Gasteiger partial charge in [-0.3, -0.25) is 4.40 Å². The maximum atomic E-state index is 5.45. The molecule has 10 aromatic carbocycles. The third-order valence-electron chi connectivity index (χ3n) is 12.4. The molecule has 0 N–H and O–H groups in total. The summed E-state index contributed by atoms with van der Waals surface area (Å²) in [5, 5.41) is 15.3. The highest BCUT2D eigenvalue weighted by atomic mass is 32.1. The Bertz CT molecular complexity index is 3800. The average molecular weight is 753 g/mol. The lowest BCUT2D eigenvalue weighted by atomic mass is 9.92. The molecule has 0 amide bonds. The predicted octanol–water partition coefficient (Wildman–Crippen LogP) is 15.6. The molecule has 0 saturated carbocycles. The third-order valence-corrected chi connectivity index (χ3v) is 13.6. The van der Waals surface area contributed by atoms with Crippen molar-refractivity contribution in [2.75, 3.05) is 0 Å². The summed E-state index contributed by atoms with van der Waals surface area (Å²) in [6, 6.07) is 71.3. The zero-order valence-corrected chi connectivity index (χ0v) is 32.1. The largest absolute Gasteiger partial charge is 0.291 e. The third kappa shape index (κ3) is 4.56. The maximum absolute atomic E-state index is 5.45. The summed E-state index contributed by atoms with van der Waals surface area (Å²) in [5.74, 6) is 0. The minimum absolute atomic E-state index is 1.01. The number of pyridine rings is 1. The van der Waals surface area contributed by atoms with Gasteiger partial charge in [-0.25, -0.2) is 4.98 Å². The number of imidazole rings is 1. The van der Waals surface area contributed by atoms with Gasteiger partial charge in [0.05, 0.1) is 21.4 Å². The number of aromatic nitrogens is 2. The van der Waals surface area contributed by atoms with E-state index in [4.69, 9.17) is 4.98 Å². The second-order valence-electron chi connectivity index (χ2n) is 15.5. The zero-order valence-electron chi connectivity index (χ0n) is 31.3. The Morgan fingerprint density at radius 3 is 1.48 bits per heavy atom. The first-order chi connectivity index (χ1) is 28.7. The smallest absolute Gasteiger partial charge is 0.156 e. The number of thiophene rings is 1. The Kier molecular flexibility index (Phi) is 6.63. The maximum Gasteiger partial charge on any atom is 0.156 e. The van der Waals surface area contributed by atoms with E-state index in [0.29, 0.717) is 0 Å². The monoisotopic (exact) mass is 752 g/mol. The average Bonchev–Trinajstić information content (AvgIpc) is 3.89. The molecule has 0 aliphatic carbocycles. The van der Waals surface area contributed by atoms with E-state index in [0.717, 1.165) is 27.9 Å². The molecule has 268 valence electrons. The minimum atomic E-state index is 1.01. The van der Waals surface area contributed by atoms with Gasteiger partial charge in [0, 0.05) is 20.9 Å². The Balaban J connectivity index is 0.932. The lowest BCUT2D eigenvalue weighted by molar-refractivity contribution is 1.25. The Hall–Kier alpha value is -7.33. The predicted molar refractivity (Wildman–Crippen MR) is 249 cm³/mol. The van der Waals surface area contributed by atoms with Crippen LogP contribution in [0.3, 0.4) is 0 Å². The lowest BCUT2D eigenvalue weighted by Gasteiger charge is -2.12. The molecule has 0 radical (unpaired) electrons. The van der Waals surface area contributed by atoms with Crippen LogP contribution in [0.4, 0.5) is 0 Å². The van der Waals surface area contributed by atoms with E-state index in [1.165, 1.54) is 96.3 Å². The van der Waals surface area contributed by atoms with Gasteiger partial charge >= 0.3 is 0 Å². The number of nitrogens with zero attached hydrogens (tertiary/aromatic N) is 2. The summed E-state index contributed by atoms with van der Waals surface area (Å²) in [6.45, 7) is 0. The standard InChI is InChI=1S/C55H32N2S/c1-3-11-40-36(9-1)27-30-50-52(40)56-55-54-49(47-29-25-37-10-2-4-12-41(37)53(47)58-54)32-51(57(50)55)38-23-21-34(22-24-38)33-17-19-35(20-18-33)39-26-28-46-44-15-6-5-13-42(44)43-14-7-8-16-45(43)48(46)31-39/h1-32H. The molecular formula is C55H32N2S. The second kappa shape index (κ2) is 12.1. The van der Waals surface area contributed by atoms with Gasteiger partial charge in [-0.05, 0) is 94.5 Å². The molecule has 3 aromatic heterocycles. The van der Waals surface area contributed by atoms with Crippen molar-refractivity contribution in [3.05, 3.63) is 194 Å². The van der Waals surface area contributed by atoms with Crippen LogP contribution >= 0.6 is 11.3 Å². The summed E-state index contributed by atoms with van der Waals surface area (Å²) < 4.78 is 4.93. The molecule has 0 atom stereocenters. The van der Waals surface area contributed by atoms with E-state index in [1.807, 2.05) is 11.3 Å². The van der Waals surface area contributed by atoms with Gasteiger partial charge in [0.2, 0.25) is 0 Å². The van der Waals surface area contributed by atoms with E-state index in [1.54, 1.807) is 0 Å². The fraction of sp³-hybridized carbons (Fsp3) is 0. The van der Waals surface area contributed by atoms with Gasteiger partial charge in [-0.1, -0.05) is 176 Å². The van der Waals surface area contributed by atoms with Crippen molar-refractivity contribution in [3.8, 4) is 33.5 Å². The van der Waals surface area contributed by atoms with E-state index >= 15 is 0 Å². The summed E-state index contributed by atoms with van der Waals surface area (Å²) >= 11 is 1.86. The number of hydrogen-bond acceptors (Lipinski definition) is 2. The van der Waals surface area contributed by atoms with Crippen LogP contribution < -0.4 is 0 Å². The van der Waals surface area contributed by atoms with Gasteiger partial charge in [0.1, 0.15) is 0 Å². The van der Waals surface area contributed by atoms with Crippen LogP contribution in [0.2, 0.25) is 0 Å². The summed E-state index contributed by atoms with van der Waals surface area (Å²) in [4.78, 5) is 5.45. The molecule has 0 unspecified atom stereocenters. The van der Waals surface area contributed by atoms with Gasteiger partial charge in [-0.2, -0.15) is 0 Å². The van der Waals surface area contributed by atoms with Crippen molar-refractivity contribution in [1.82, 2.24) is 9.38 Å². The van der Waals surface area contributed by atoms with E-state index in [-0.39, 0.29) is 0 Å². The van der Waals surface area contributed by atoms with E-state index in [9.17, 15) is 0 Å². The number of rotatable bonds is 3. The van der Waals surface area contributed by atoms with E-state index in [2.05, 4.69) is 199 Å². The number of fused-ring (bicyclic) bond motifs is 17. The fourth-order valence-corrected chi connectivity index (χ4v) is 10.8. The highest BCUT2D eigenvalue weighted by molar-refractivity contribution is 7.27. The molecular weight excluding hydrogens is 721 g/mol. The van der Waals surface area contributed by atoms with Crippen molar-refractivity contribution >= 4 is 102 Å². The SMILES string of the molecule is c1ccc2c(c1)ccc1c2nc2c3sc4c5ccccc5ccc4c3cc(-c3ccc(-c4ccc(-c5ccc6c7ccccc7c7ccccc7c6c5)cc4)cc3)n12. The molecule has 0 fully saturated rings. The Labute approximate surface area is 337 Å². The summed E-state index contributed by atoms with van der Waals surface area (Å²) in [7, 11) is 0. The Morgan fingerprint density at radius 1 is 0.328 bits per heavy atom. The number of hydrogen-bond donors (Lipinski definition) is 0. The first-order valence-corrected chi connectivity index (χ1v) is 20.7. The molecule has 13 rings (SSSR count). The molecule has 13 aromatic rings. The van der Waals surface area contributed by atoms with Crippen molar-refractivity contribution in [2.24, 2.45) is 0 Å². The second-order valence-corrected chi connectivity index (χ2v) is 16.5. The van der Waals surface area contributed by atoms with Crippen LogP contribution in [0.25, 0.3) is 124 Å². The van der Waals surface area contributed by atoms with Gasteiger partial charge in [0.25, 0.3) is 0 Å². The quantitative estimate of drug-likeness (QED) is 0.164. The molecule has 0 bridgehead atoms. The first kappa shape index (κ1) is 31.8. The van der Waals surface area contributed by atoms with Crippen molar-refractivity contribution in [2.45, 2.75) is 0 Å². The van der Waals surface area contributed by atoms with Crippen molar-refractivity contribution < 1.29 is 0 Å². The lowest BCUT2D eigenvalue weighted by Crippen LogP contribution is -1.93. The minimum Gasteiger partial charge on any atom is -0.291 e. The highest BCUT2D eigenvalue weighted by Crippen LogP contribution is 2.44. The highest BCUT2D eigenvalue weighted by Gasteiger charge is 2.20. The molecule has 0 saturated heterocycles. The van der Waals surface area contributed by atoms with Crippen LogP contribution in [-0.4, -0.2) is 9.38 Å². The normalized spacial score (nSPS) is 12.1. The Morgan fingerprint density at radius 2 is 0.810 bits per heavy atom. The van der Waals surface area contributed by atoms with Crippen LogP contribution in [0.15, 0.2) is 194 Å². The van der Waals surface area contributed by atoms with Crippen LogP contribution in [0.5, 0.6) is 0 Å². The molecule has 58 heavy (non-hydrogen) atoms. The molecule has 0 aliphatic heterocycles. The molecule has 0 aliphatic rings. The number of benzene rings is 10. The van der Waals surface area contributed by atoms with Crippen LogP contribution in [0.1, 0.15) is 0 Å². The summed E-state index contributed by atoms with van der Waals surface area (Å²) in [6.07, 6.45) is 0. The zero-order chi connectivity index (χ0) is 37.9. The van der Waals surface area contributed by atoms with Crippen molar-refractivity contribution in [1.29, 1.82) is 0 Å². The van der Waals surface area contributed by atoms with Gasteiger partial charge in [-0.15, -0.1) is 11.3 Å². The van der Waals surface area contributed by atoms with Gasteiger partial charge in [0.15, 0.2) is 5.65 Å². The van der Waals surface area contributed by atoms with Crippen LogP contribution in [-0.2, 0) is 0 Å². The molecule has 3 heteroatoms.